The number of carbonyl (C=O) groups excluding carboxylic acids is 1. The normalized spacial score (nSPS) is 18.2. The Labute approximate surface area is 141 Å². The number of nitrogens with one attached hydrogen (secondary N) is 1. The van der Waals surface area contributed by atoms with Crippen molar-refractivity contribution in [2.75, 3.05) is 45.3 Å². The molecule has 128 valence electrons. The van der Waals surface area contributed by atoms with Gasteiger partial charge in [-0.3, -0.25) is 9.89 Å². The predicted molar refractivity (Wildman–Crippen MR) is 91.1 cm³/mol. The van der Waals surface area contributed by atoms with Crippen LogP contribution >= 0.6 is 0 Å². The van der Waals surface area contributed by atoms with Gasteiger partial charge in [0, 0.05) is 45.0 Å². The summed E-state index contributed by atoms with van der Waals surface area (Å²) in [5, 5.41) is 6.60. The highest BCUT2D eigenvalue weighted by molar-refractivity contribution is 5.92. The first-order chi connectivity index (χ1) is 11.6. The third-order valence-electron chi connectivity index (χ3n) is 4.10. The summed E-state index contributed by atoms with van der Waals surface area (Å²) in [5.41, 5.74) is 1.54. The minimum Gasteiger partial charge on any atom is -0.379 e. The monoisotopic (exact) mass is 329 g/mol. The van der Waals surface area contributed by atoms with E-state index in [-0.39, 0.29) is 11.8 Å². The van der Waals surface area contributed by atoms with E-state index >= 15 is 0 Å². The number of H-pyrrole nitrogens is 1. The van der Waals surface area contributed by atoms with E-state index in [0.29, 0.717) is 32.0 Å². The summed E-state index contributed by atoms with van der Waals surface area (Å²) in [6.07, 6.45) is 2.38. The Bertz CT molecular complexity index is 671. The van der Waals surface area contributed by atoms with Crippen LogP contribution in [0.1, 0.15) is 16.2 Å². The van der Waals surface area contributed by atoms with Gasteiger partial charge in [-0.1, -0.05) is 6.07 Å². The van der Waals surface area contributed by atoms with Crippen molar-refractivity contribution in [2.24, 2.45) is 5.92 Å². The Hall–Kier alpha value is -2.41. The second kappa shape index (κ2) is 7.44. The topological polar surface area (TPSA) is 74.3 Å². The first-order valence-corrected chi connectivity index (χ1v) is 8.13. The van der Waals surface area contributed by atoms with Crippen LogP contribution in [0.2, 0.25) is 0 Å². The Kier molecular flexibility index (Phi) is 5.10. The third kappa shape index (κ3) is 3.91. The summed E-state index contributed by atoms with van der Waals surface area (Å²) in [7, 11) is 3.96. The van der Waals surface area contributed by atoms with Gasteiger partial charge in [0.25, 0.3) is 5.91 Å². The zero-order valence-corrected chi connectivity index (χ0v) is 14.1. The molecule has 1 aliphatic heterocycles. The molecule has 7 nitrogen and oxygen atoms in total. The zero-order chi connectivity index (χ0) is 16.9. The van der Waals surface area contributed by atoms with E-state index in [1.54, 1.807) is 12.3 Å². The predicted octanol–water partition coefficient (Wildman–Crippen LogP) is 1.20. The van der Waals surface area contributed by atoms with Gasteiger partial charge in [0.15, 0.2) is 0 Å². The number of rotatable bonds is 4. The minimum atomic E-state index is -0.0296. The second-order valence-corrected chi connectivity index (χ2v) is 6.25. The quantitative estimate of drug-likeness (QED) is 0.912. The van der Waals surface area contributed by atoms with Crippen LogP contribution in [0.4, 0.5) is 5.82 Å². The summed E-state index contributed by atoms with van der Waals surface area (Å²) < 4.78 is 5.70. The average Bonchev–Trinajstić information content (AvgIpc) is 3.02. The maximum absolute atomic E-state index is 12.5. The van der Waals surface area contributed by atoms with E-state index in [4.69, 9.17) is 4.74 Å². The Morgan fingerprint density at radius 2 is 2.29 bits per heavy atom. The van der Waals surface area contributed by atoms with Crippen LogP contribution in [0, 0.1) is 5.92 Å². The highest BCUT2D eigenvalue weighted by Crippen LogP contribution is 2.16. The first-order valence-electron chi connectivity index (χ1n) is 8.13. The molecular formula is C17H23N5O2. The fraction of sp³-hybridized carbons (Fsp3) is 0.471. The molecular weight excluding hydrogens is 306 g/mol. The van der Waals surface area contributed by atoms with Crippen LogP contribution < -0.4 is 4.90 Å². The fourth-order valence-corrected chi connectivity index (χ4v) is 2.86. The van der Waals surface area contributed by atoms with Crippen LogP contribution in [0.15, 0.2) is 30.5 Å². The van der Waals surface area contributed by atoms with Crippen LogP contribution in [0.5, 0.6) is 0 Å². The van der Waals surface area contributed by atoms with Crippen LogP contribution in [0.25, 0.3) is 0 Å². The van der Waals surface area contributed by atoms with E-state index in [2.05, 4.69) is 15.2 Å². The number of anilines is 1. The minimum absolute atomic E-state index is 0.0296. The Morgan fingerprint density at radius 1 is 1.42 bits per heavy atom. The van der Waals surface area contributed by atoms with E-state index in [9.17, 15) is 4.79 Å². The molecule has 1 atom stereocenters. The number of nitrogens with zero attached hydrogens (tertiary/aromatic N) is 4. The van der Waals surface area contributed by atoms with Gasteiger partial charge in [0.2, 0.25) is 0 Å². The lowest BCUT2D eigenvalue weighted by molar-refractivity contribution is 0.0731. The van der Waals surface area contributed by atoms with Crippen LogP contribution in [0.3, 0.4) is 0 Å². The van der Waals surface area contributed by atoms with Crippen molar-refractivity contribution >= 4 is 11.7 Å². The Morgan fingerprint density at radius 3 is 3.04 bits per heavy atom. The van der Waals surface area contributed by atoms with E-state index in [0.717, 1.165) is 17.9 Å². The number of amides is 1. The molecule has 1 saturated heterocycles. The molecule has 0 unspecified atom stereocenters. The van der Waals surface area contributed by atoms with Crippen molar-refractivity contribution in [3.05, 3.63) is 41.9 Å². The summed E-state index contributed by atoms with van der Waals surface area (Å²) in [4.78, 5) is 21.0. The number of ether oxygens (including phenoxy) is 1. The van der Waals surface area contributed by atoms with Gasteiger partial charge in [-0.25, -0.2) is 4.98 Å². The molecule has 0 radical (unpaired) electrons. The van der Waals surface area contributed by atoms with Crippen LogP contribution in [-0.2, 0) is 11.2 Å². The Balaban J connectivity index is 1.69. The van der Waals surface area contributed by atoms with Crippen molar-refractivity contribution in [1.29, 1.82) is 0 Å². The number of aromatic nitrogens is 3. The number of hydrogen-bond donors (Lipinski definition) is 1. The highest BCUT2D eigenvalue weighted by atomic mass is 16.5. The maximum atomic E-state index is 12.5. The third-order valence-corrected chi connectivity index (χ3v) is 4.10. The number of pyridine rings is 1. The molecule has 3 rings (SSSR count). The second-order valence-electron chi connectivity index (χ2n) is 6.25. The fourth-order valence-electron chi connectivity index (χ4n) is 2.86. The first kappa shape index (κ1) is 16.4. The van der Waals surface area contributed by atoms with Gasteiger partial charge in [-0.2, -0.15) is 5.10 Å². The molecule has 3 heterocycles. The molecule has 0 aliphatic carbocycles. The highest BCUT2D eigenvalue weighted by Gasteiger charge is 2.24. The van der Waals surface area contributed by atoms with Gasteiger partial charge in [-0.05, 0) is 24.6 Å². The molecule has 1 amide bonds. The van der Waals surface area contributed by atoms with Crippen molar-refractivity contribution < 1.29 is 9.53 Å². The maximum Gasteiger partial charge on any atom is 0.271 e. The molecule has 1 fully saturated rings. The van der Waals surface area contributed by atoms with E-state index in [1.165, 1.54) is 0 Å². The van der Waals surface area contributed by atoms with Gasteiger partial charge in [0.1, 0.15) is 11.5 Å². The van der Waals surface area contributed by atoms with Gasteiger partial charge in [0.05, 0.1) is 13.2 Å². The summed E-state index contributed by atoms with van der Waals surface area (Å²) in [6, 6.07) is 7.73. The average molecular weight is 329 g/mol. The summed E-state index contributed by atoms with van der Waals surface area (Å²) in [5.74, 6) is 1.13. The number of aromatic amines is 1. The molecule has 0 spiro atoms. The molecule has 7 heteroatoms. The molecule has 0 saturated carbocycles. The standard InChI is InChI=1S/C17H23N5O2/c1-21(2)16-5-3-4-14(19-16)10-13-11-22(8-9-24-12-13)17(23)15-6-7-18-20-15/h3-7,13H,8-12H2,1-2H3,(H,18,20)/t13-/m1/s1. The van der Waals surface area contributed by atoms with Crippen molar-refractivity contribution in [3.63, 3.8) is 0 Å². The summed E-state index contributed by atoms with van der Waals surface area (Å²) in [6.45, 7) is 2.45. The molecule has 2 aromatic heterocycles. The lowest BCUT2D eigenvalue weighted by Crippen LogP contribution is -2.36. The number of carbonyl (C=O) groups is 1. The van der Waals surface area contributed by atoms with Crippen molar-refractivity contribution in [2.45, 2.75) is 6.42 Å². The van der Waals surface area contributed by atoms with Gasteiger partial charge in [-0.15, -0.1) is 0 Å². The SMILES string of the molecule is CN(C)c1cccc(C[C@H]2COCCN(C(=O)c3ccn[nH]3)C2)n1. The van der Waals surface area contributed by atoms with Gasteiger partial charge < -0.3 is 14.5 Å². The molecule has 24 heavy (non-hydrogen) atoms. The van der Waals surface area contributed by atoms with Crippen molar-refractivity contribution in [3.8, 4) is 0 Å². The largest absolute Gasteiger partial charge is 0.379 e. The zero-order valence-electron chi connectivity index (χ0n) is 14.1. The van der Waals surface area contributed by atoms with Gasteiger partial charge >= 0.3 is 0 Å². The van der Waals surface area contributed by atoms with Crippen molar-refractivity contribution in [1.82, 2.24) is 20.1 Å². The molecule has 1 N–H and O–H groups in total. The van der Waals surface area contributed by atoms with E-state index < -0.39 is 0 Å². The van der Waals surface area contributed by atoms with E-state index in [1.807, 2.05) is 42.1 Å². The molecule has 0 bridgehead atoms. The number of hydrogen-bond acceptors (Lipinski definition) is 5. The van der Waals surface area contributed by atoms with Crippen LogP contribution in [-0.4, -0.2) is 66.4 Å². The lowest BCUT2D eigenvalue weighted by Gasteiger charge is -2.23. The smallest absolute Gasteiger partial charge is 0.271 e. The molecule has 1 aliphatic rings. The molecule has 0 aromatic carbocycles. The lowest BCUT2D eigenvalue weighted by atomic mass is 10.0. The summed E-state index contributed by atoms with van der Waals surface area (Å²) >= 11 is 0. The molecule has 2 aromatic rings.